The van der Waals surface area contributed by atoms with Crippen LogP contribution < -0.4 is 0 Å². The Kier molecular flexibility index (Phi) is 3.09. The van der Waals surface area contributed by atoms with Crippen molar-refractivity contribution < 1.29 is 9.84 Å². The minimum absolute atomic E-state index is 0.0231. The molecule has 0 aromatic heterocycles. The molecule has 0 aromatic rings. The normalized spacial score (nSPS) is 36.1. The van der Waals surface area contributed by atoms with Gasteiger partial charge in [0.05, 0.1) is 12.2 Å². The zero-order valence-corrected chi connectivity index (χ0v) is 7.21. The van der Waals surface area contributed by atoms with Crippen LogP contribution in [-0.2, 0) is 4.74 Å². The molecule has 1 fully saturated rings. The van der Waals surface area contributed by atoms with Crippen molar-refractivity contribution in [1.82, 2.24) is 0 Å². The lowest BCUT2D eigenvalue weighted by molar-refractivity contribution is -0.0246. The summed E-state index contributed by atoms with van der Waals surface area (Å²) in [5.41, 5.74) is 1.40. The third-order valence-electron chi connectivity index (χ3n) is 2.36. The van der Waals surface area contributed by atoms with Gasteiger partial charge in [-0.1, -0.05) is 11.6 Å². The molecule has 0 heterocycles. The first kappa shape index (κ1) is 8.75. The second-order valence-corrected chi connectivity index (χ2v) is 3.03. The Balaban J connectivity index is 2.51. The molecule has 1 aliphatic carbocycles. The number of aliphatic hydroxyl groups excluding tert-OH is 1. The van der Waals surface area contributed by atoms with Gasteiger partial charge in [-0.15, -0.1) is 0 Å². The molecule has 0 radical (unpaired) electrons. The van der Waals surface area contributed by atoms with Crippen LogP contribution in [0, 0.1) is 0 Å². The van der Waals surface area contributed by atoms with E-state index in [0.29, 0.717) is 0 Å². The van der Waals surface area contributed by atoms with Gasteiger partial charge in [0.25, 0.3) is 0 Å². The lowest BCUT2D eigenvalue weighted by Gasteiger charge is -2.28. The number of allylic oxidation sites excluding steroid dienone is 1. The highest BCUT2D eigenvalue weighted by atomic mass is 16.5. The van der Waals surface area contributed by atoms with Gasteiger partial charge >= 0.3 is 0 Å². The van der Waals surface area contributed by atoms with Crippen LogP contribution in [0.4, 0.5) is 0 Å². The second kappa shape index (κ2) is 3.88. The fraction of sp³-hybridized carbons (Fsp3) is 0.778. The summed E-state index contributed by atoms with van der Waals surface area (Å²) < 4.78 is 5.14. The molecule has 2 heteroatoms. The molecule has 0 bridgehead atoms. The first-order chi connectivity index (χ1) is 5.27. The average Bonchev–Trinajstić information content (AvgIpc) is 2.05. The van der Waals surface area contributed by atoms with Crippen molar-refractivity contribution in [1.29, 1.82) is 0 Å². The van der Waals surface area contributed by atoms with Crippen LogP contribution in [0.1, 0.15) is 26.2 Å². The molecule has 11 heavy (non-hydrogen) atoms. The Morgan fingerprint density at radius 1 is 1.64 bits per heavy atom. The largest absolute Gasteiger partial charge is 0.390 e. The first-order valence-electron chi connectivity index (χ1n) is 4.13. The summed E-state index contributed by atoms with van der Waals surface area (Å²) in [6.45, 7) is 2.04. The van der Waals surface area contributed by atoms with Crippen molar-refractivity contribution in [3.63, 3.8) is 0 Å². The van der Waals surface area contributed by atoms with Crippen LogP contribution in [0.15, 0.2) is 11.6 Å². The molecule has 0 aromatic carbocycles. The number of hydrogen-bond donors (Lipinski definition) is 1. The number of rotatable bonds is 1. The lowest BCUT2D eigenvalue weighted by Crippen LogP contribution is -2.32. The molecule has 1 aliphatic rings. The predicted octanol–water partition coefficient (Wildman–Crippen LogP) is 1.49. The highest BCUT2D eigenvalue weighted by Gasteiger charge is 2.24. The molecule has 2 unspecified atom stereocenters. The molecular formula is C9H16O2. The minimum Gasteiger partial charge on any atom is -0.390 e. The molecule has 2 atom stereocenters. The van der Waals surface area contributed by atoms with E-state index in [9.17, 15) is 5.11 Å². The fourth-order valence-electron chi connectivity index (χ4n) is 1.52. The molecule has 0 saturated heterocycles. The van der Waals surface area contributed by atoms with E-state index >= 15 is 0 Å². The van der Waals surface area contributed by atoms with E-state index in [4.69, 9.17) is 4.74 Å². The third-order valence-corrected chi connectivity index (χ3v) is 2.36. The lowest BCUT2D eigenvalue weighted by atomic mass is 9.90. The van der Waals surface area contributed by atoms with E-state index in [1.807, 2.05) is 6.92 Å². The van der Waals surface area contributed by atoms with Crippen molar-refractivity contribution >= 4 is 0 Å². The van der Waals surface area contributed by atoms with E-state index in [1.165, 1.54) is 5.57 Å². The number of aliphatic hydroxyl groups is 1. The summed E-state index contributed by atoms with van der Waals surface area (Å²) in [4.78, 5) is 0. The number of ether oxygens (including phenoxy) is 1. The number of methoxy groups -OCH3 is 1. The fourth-order valence-corrected chi connectivity index (χ4v) is 1.52. The maximum atomic E-state index is 9.43. The van der Waals surface area contributed by atoms with E-state index in [2.05, 4.69) is 6.08 Å². The van der Waals surface area contributed by atoms with E-state index in [0.717, 1.165) is 19.3 Å². The Bertz CT molecular complexity index is 152. The van der Waals surface area contributed by atoms with Crippen LogP contribution in [0.25, 0.3) is 0 Å². The van der Waals surface area contributed by atoms with Crippen LogP contribution in [0.2, 0.25) is 0 Å². The zero-order valence-electron chi connectivity index (χ0n) is 7.21. The van der Waals surface area contributed by atoms with Gasteiger partial charge in [0, 0.05) is 7.11 Å². The quantitative estimate of drug-likeness (QED) is 0.583. The van der Waals surface area contributed by atoms with Crippen molar-refractivity contribution in [2.75, 3.05) is 7.11 Å². The molecule has 2 nitrogen and oxygen atoms in total. The topological polar surface area (TPSA) is 29.5 Å². The Morgan fingerprint density at radius 3 is 2.91 bits per heavy atom. The highest BCUT2D eigenvalue weighted by Crippen LogP contribution is 2.25. The predicted molar refractivity (Wildman–Crippen MR) is 44.4 cm³/mol. The summed E-state index contributed by atoms with van der Waals surface area (Å²) in [5.74, 6) is 0. The van der Waals surface area contributed by atoms with E-state index < -0.39 is 0 Å². The average molecular weight is 156 g/mol. The standard InChI is InChI=1S/C9H16O2/c1-3-7-4-5-8(10)9(6-7)11-2/h3,8-10H,4-6H2,1-2H3. The Labute approximate surface area is 67.9 Å². The smallest absolute Gasteiger partial charge is 0.0867 e. The minimum atomic E-state index is -0.260. The van der Waals surface area contributed by atoms with Crippen molar-refractivity contribution in [2.24, 2.45) is 0 Å². The zero-order chi connectivity index (χ0) is 8.27. The molecule has 0 amide bonds. The van der Waals surface area contributed by atoms with Gasteiger partial charge in [-0.2, -0.15) is 0 Å². The van der Waals surface area contributed by atoms with Gasteiger partial charge in [-0.05, 0) is 26.2 Å². The van der Waals surface area contributed by atoms with Crippen molar-refractivity contribution in [3.05, 3.63) is 11.6 Å². The van der Waals surface area contributed by atoms with Gasteiger partial charge in [-0.3, -0.25) is 0 Å². The molecule has 64 valence electrons. The Morgan fingerprint density at radius 2 is 2.36 bits per heavy atom. The molecule has 1 N–H and O–H groups in total. The van der Waals surface area contributed by atoms with Gasteiger partial charge in [0.15, 0.2) is 0 Å². The van der Waals surface area contributed by atoms with E-state index in [1.54, 1.807) is 7.11 Å². The molecular weight excluding hydrogens is 140 g/mol. The molecule has 0 spiro atoms. The Hall–Kier alpha value is -0.340. The summed E-state index contributed by atoms with van der Waals surface area (Å²) in [7, 11) is 1.66. The summed E-state index contributed by atoms with van der Waals surface area (Å²) in [6.07, 6.45) is 4.65. The van der Waals surface area contributed by atoms with Gasteiger partial charge in [0.2, 0.25) is 0 Å². The monoisotopic (exact) mass is 156 g/mol. The van der Waals surface area contributed by atoms with Crippen LogP contribution in [-0.4, -0.2) is 24.4 Å². The van der Waals surface area contributed by atoms with E-state index in [-0.39, 0.29) is 12.2 Å². The van der Waals surface area contributed by atoms with Crippen molar-refractivity contribution in [3.8, 4) is 0 Å². The van der Waals surface area contributed by atoms with Crippen LogP contribution in [0.5, 0.6) is 0 Å². The van der Waals surface area contributed by atoms with Crippen molar-refractivity contribution in [2.45, 2.75) is 38.4 Å². The third kappa shape index (κ3) is 2.04. The van der Waals surface area contributed by atoms with Crippen LogP contribution in [0.3, 0.4) is 0 Å². The summed E-state index contributed by atoms with van der Waals surface area (Å²) >= 11 is 0. The maximum Gasteiger partial charge on any atom is 0.0867 e. The summed E-state index contributed by atoms with van der Waals surface area (Å²) in [5, 5.41) is 9.43. The SMILES string of the molecule is CC=C1CCC(O)C(OC)C1. The van der Waals surface area contributed by atoms with Gasteiger partial charge < -0.3 is 9.84 Å². The molecule has 1 rings (SSSR count). The summed E-state index contributed by atoms with van der Waals surface area (Å²) in [6, 6.07) is 0. The maximum absolute atomic E-state index is 9.43. The second-order valence-electron chi connectivity index (χ2n) is 3.03. The highest BCUT2D eigenvalue weighted by molar-refractivity contribution is 5.06. The number of hydrogen-bond acceptors (Lipinski definition) is 2. The van der Waals surface area contributed by atoms with Crippen LogP contribution >= 0.6 is 0 Å². The van der Waals surface area contributed by atoms with Gasteiger partial charge in [0.1, 0.15) is 0 Å². The molecule has 0 aliphatic heterocycles. The first-order valence-corrected chi connectivity index (χ1v) is 4.13. The van der Waals surface area contributed by atoms with Gasteiger partial charge in [-0.25, -0.2) is 0 Å². The molecule has 1 saturated carbocycles.